The van der Waals surface area contributed by atoms with E-state index < -0.39 is 0 Å². The van der Waals surface area contributed by atoms with Crippen molar-refractivity contribution in [2.75, 3.05) is 14.2 Å². The highest BCUT2D eigenvalue weighted by atomic mass is 79.9. The van der Waals surface area contributed by atoms with Gasteiger partial charge in [0.05, 0.1) is 18.7 Å². The molecular formula is C24H26BrNO3. The summed E-state index contributed by atoms with van der Waals surface area (Å²) < 4.78 is 17.7. The molecule has 0 aliphatic heterocycles. The van der Waals surface area contributed by atoms with E-state index in [4.69, 9.17) is 14.2 Å². The number of rotatable bonds is 9. The second-order valence-electron chi connectivity index (χ2n) is 6.78. The number of hydrogen-bond acceptors (Lipinski definition) is 4. The molecule has 0 unspecified atom stereocenters. The third kappa shape index (κ3) is 5.75. The quantitative estimate of drug-likeness (QED) is 0.452. The Bertz CT molecular complexity index is 941. The van der Waals surface area contributed by atoms with Crippen LogP contribution in [-0.4, -0.2) is 14.2 Å². The van der Waals surface area contributed by atoms with Gasteiger partial charge in [-0.3, -0.25) is 0 Å². The largest absolute Gasteiger partial charge is 0.497 e. The van der Waals surface area contributed by atoms with E-state index in [1.165, 1.54) is 11.1 Å². The van der Waals surface area contributed by atoms with Crippen LogP contribution in [0, 0.1) is 6.92 Å². The highest BCUT2D eigenvalue weighted by Gasteiger charge is 2.12. The maximum Gasteiger partial charge on any atom is 0.175 e. The van der Waals surface area contributed by atoms with Crippen LogP contribution in [0.15, 0.2) is 65.1 Å². The summed E-state index contributed by atoms with van der Waals surface area (Å²) in [4.78, 5) is 0. The highest BCUT2D eigenvalue weighted by Crippen LogP contribution is 2.37. The SMILES string of the molecule is COc1ccc(CNCc2cc(Br)c(OCc3ccccc3C)c(OC)c2)cc1. The van der Waals surface area contributed by atoms with E-state index in [2.05, 4.69) is 58.5 Å². The van der Waals surface area contributed by atoms with Crippen molar-refractivity contribution in [3.8, 4) is 17.2 Å². The Hall–Kier alpha value is -2.50. The van der Waals surface area contributed by atoms with E-state index in [-0.39, 0.29) is 0 Å². The zero-order valence-corrected chi connectivity index (χ0v) is 18.6. The predicted octanol–water partition coefficient (Wildman–Crippen LogP) is 5.64. The number of halogens is 1. The molecule has 0 amide bonds. The molecule has 0 bridgehead atoms. The average Bonchev–Trinajstić information content (AvgIpc) is 2.74. The molecule has 0 saturated heterocycles. The van der Waals surface area contributed by atoms with Gasteiger partial charge >= 0.3 is 0 Å². The monoisotopic (exact) mass is 455 g/mol. The van der Waals surface area contributed by atoms with Crippen LogP contribution in [0.4, 0.5) is 0 Å². The summed E-state index contributed by atoms with van der Waals surface area (Å²) >= 11 is 3.64. The fourth-order valence-corrected chi connectivity index (χ4v) is 3.64. The Morgan fingerprint density at radius 2 is 1.59 bits per heavy atom. The van der Waals surface area contributed by atoms with E-state index in [1.54, 1.807) is 14.2 Å². The number of ether oxygens (including phenoxy) is 3. The van der Waals surface area contributed by atoms with Crippen LogP contribution < -0.4 is 19.5 Å². The summed E-state index contributed by atoms with van der Waals surface area (Å²) in [5.74, 6) is 2.30. The van der Waals surface area contributed by atoms with Crippen molar-refractivity contribution in [2.24, 2.45) is 0 Å². The Morgan fingerprint density at radius 3 is 2.28 bits per heavy atom. The van der Waals surface area contributed by atoms with Crippen LogP contribution in [0.1, 0.15) is 22.3 Å². The van der Waals surface area contributed by atoms with Gasteiger partial charge in [-0.05, 0) is 69.4 Å². The lowest BCUT2D eigenvalue weighted by Crippen LogP contribution is -2.13. The van der Waals surface area contributed by atoms with Gasteiger partial charge in [0.2, 0.25) is 0 Å². The first-order chi connectivity index (χ1) is 14.1. The Kier molecular flexibility index (Phi) is 7.55. The normalized spacial score (nSPS) is 10.6. The molecule has 3 rings (SSSR count). The highest BCUT2D eigenvalue weighted by molar-refractivity contribution is 9.10. The molecule has 0 spiro atoms. The van der Waals surface area contributed by atoms with Crippen molar-refractivity contribution in [2.45, 2.75) is 26.6 Å². The molecule has 0 saturated carbocycles. The van der Waals surface area contributed by atoms with Gasteiger partial charge in [0.1, 0.15) is 12.4 Å². The molecule has 4 nitrogen and oxygen atoms in total. The zero-order chi connectivity index (χ0) is 20.6. The molecule has 0 aliphatic carbocycles. The first-order valence-electron chi connectivity index (χ1n) is 9.48. The third-order valence-electron chi connectivity index (χ3n) is 4.74. The van der Waals surface area contributed by atoms with Gasteiger partial charge in [-0.15, -0.1) is 0 Å². The zero-order valence-electron chi connectivity index (χ0n) is 17.0. The van der Waals surface area contributed by atoms with E-state index in [1.807, 2.05) is 30.3 Å². The maximum atomic E-state index is 6.07. The van der Waals surface area contributed by atoms with Gasteiger partial charge in [-0.1, -0.05) is 36.4 Å². The average molecular weight is 456 g/mol. The molecule has 152 valence electrons. The first kappa shape index (κ1) is 21.2. The lowest BCUT2D eigenvalue weighted by molar-refractivity contribution is 0.281. The summed E-state index contributed by atoms with van der Waals surface area (Å²) in [6.45, 7) is 4.08. The minimum atomic E-state index is 0.497. The van der Waals surface area contributed by atoms with Crippen molar-refractivity contribution >= 4 is 15.9 Å². The minimum Gasteiger partial charge on any atom is -0.497 e. The van der Waals surface area contributed by atoms with Gasteiger partial charge in [0, 0.05) is 13.1 Å². The third-order valence-corrected chi connectivity index (χ3v) is 5.33. The molecule has 1 N–H and O–H groups in total. The van der Waals surface area contributed by atoms with Gasteiger partial charge < -0.3 is 19.5 Å². The fourth-order valence-electron chi connectivity index (χ4n) is 3.03. The first-order valence-corrected chi connectivity index (χ1v) is 10.3. The number of aryl methyl sites for hydroxylation is 1. The molecule has 0 atom stereocenters. The summed E-state index contributed by atoms with van der Waals surface area (Å²) in [6, 6.07) is 20.4. The van der Waals surface area contributed by atoms with Crippen LogP contribution in [0.2, 0.25) is 0 Å². The van der Waals surface area contributed by atoms with Crippen molar-refractivity contribution in [1.82, 2.24) is 5.32 Å². The van der Waals surface area contributed by atoms with Crippen LogP contribution in [0.5, 0.6) is 17.2 Å². The van der Waals surface area contributed by atoms with Crippen molar-refractivity contribution in [3.63, 3.8) is 0 Å². The minimum absolute atomic E-state index is 0.497. The van der Waals surface area contributed by atoms with Gasteiger partial charge in [-0.25, -0.2) is 0 Å². The van der Waals surface area contributed by atoms with Gasteiger partial charge in [-0.2, -0.15) is 0 Å². The Balaban J connectivity index is 1.63. The molecule has 0 radical (unpaired) electrons. The van der Waals surface area contributed by atoms with Crippen LogP contribution in [0.3, 0.4) is 0 Å². The smallest absolute Gasteiger partial charge is 0.175 e. The van der Waals surface area contributed by atoms with Gasteiger partial charge in [0.15, 0.2) is 11.5 Å². The molecular weight excluding hydrogens is 430 g/mol. The number of benzene rings is 3. The lowest BCUT2D eigenvalue weighted by Gasteiger charge is -2.15. The molecule has 29 heavy (non-hydrogen) atoms. The van der Waals surface area contributed by atoms with Crippen molar-refractivity contribution in [1.29, 1.82) is 0 Å². The van der Waals surface area contributed by atoms with Crippen LogP contribution in [0.25, 0.3) is 0 Å². The molecule has 5 heteroatoms. The van der Waals surface area contributed by atoms with E-state index >= 15 is 0 Å². The number of hydrogen-bond donors (Lipinski definition) is 1. The molecule has 0 heterocycles. The molecule has 0 aliphatic rings. The van der Waals surface area contributed by atoms with Crippen LogP contribution >= 0.6 is 15.9 Å². The number of nitrogens with one attached hydrogen (secondary N) is 1. The van der Waals surface area contributed by atoms with Crippen molar-refractivity contribution in [3.05, 3.63) is 87.4 Å². The summed E-state index contributed by atoms with van der Waals surface area (Å²) in [5, 5.41) is 3.46. The van der Waals surface area contributed by atoms with E-state index in [0.29, 0.717) is 12.4 Å². The Labute approximate surface area is 180 Å². The summed E-state index contributed by atoms with van der Waals surface area (Å²) in [6.07, 6.45) is 0. The fraction of sp³-hybridized carbons (Fsp3) is 0.250. The molecule has 0 fully saturated rings. The second kappa shape index (κ2) is 10.3. The molecule has 3 aromatic carbocycles. The predicted molar refractivity (Wildman–Crippen MR) is 120 cm³/mol. The maximum absolute atomic E-state index is 6.07. The van der Waals surface area contributed by atoms with Crippen molar-refractivity contribution < 1.29 is 14.2 Å². The summed E-state index contributed by atoms with van der Waals surface area (Å²) in [7, 11) is 3.34. The van der Waals surface area contributed by atoms with E-state index in [9.17, 15) is 0 Å². The second-order valence-corrected chi connectivity index (χ2v) is 7.63. The molecule has 0 aromatic heterocycles. The number of methoxy groups -OCH3 is 2. The van der Waals surface area contributed by atoms with Gasteiger partial charge in [0.25, 0.3) is 0 Å². The lowest BCUT2D eigenvalue weighted by atomic mass is 10.1. The van der Waals surface area contributed by atoms with Crippen LogP contribution in [-0.2, 0) is 19.7 Å². The summed E-state index contributed by atoms with van der Waals surface area (Å²) in [5.41, 5.74) is 4.69. The topological polar surface area (TPSA) is 39.7 Å². The molecule has 3 aromatic rings. The van der Waals surface area contributed by atoms with E-state index in [0.717, 1.165) is 40.2 Å². The standard InChI is InChI=1S/C24H26BrNO3/c1-17-6-4-5-7-20(17)16-29-24-22(25)12-19(13-23(24)28-3)15-26-14-18-8-10-21(27-2)11-9-18/h4-13,26H,14-16H2,1-3H3. The Morgan fingerprint density at radius 1 is 0.862 bits per heavy atom.